The number of nitrogens with one attached hydrogen (secondary N) is 2. The average Bonchev–Trinajstić information content (AvgIpc) is 2.88. The maximum Gasteiger partial charge on any atom is 0.135 e. The number of rotatable bonds is 5. The summed E-state index contributed by atoms with van der Waals surface area (Å²) in [5.74, 6) is 2.08. The van der Waals surface area contributed by atoms with Crippen molar-refractivity contribution in [1.29, 1.82) is 0 Å². The summed E-state index contributed by atoms with van der Waals surface area (Å²) >= 11 is 0. The van der Waals surface area contributed by atoms with Gasteiger partial charge in [-0.05, 0) is 12.0 Å². The highest BCUT2D eigenvalue weighted by Gasteiger charge is 2.13. The zero-order valence-corrected chi connectivity index (χ0v) is 10.9. The van der Waals surface area contributed by atoms with E-state index in [9.17, 15) is 0 Å². The summed E-state index contributed by atoms with van der Waals surface area (Å²) in [5.41, 5.74) is 2.19. The van der Waals surface area contributed by atoms with Crippen LogP contribution >= 0.6 is 0 Å². The van der Waals surface area contributed by atoms with Gasteiger partial charge in [0, 0.05) is 24.7 Å². The monoisotopic (exact) mass is 246 g/mol. The second-order valence-electron chi connectivity index (χ2n) is 4.37. The van der Waals surface area contributed by atoms with Crippen molar-refractivity contribution in [3.05, 3.63) is 36.0 Å². The Balaban J connectivity index is 2.21. The molecule has 2 N–H and O–H groups in total. The van der Waals surface area contributed by atoms with E-state index in [-0.39, 0.29) is 0 Å². The van der Waals surface area contributed by atoms with Crippen molar-refractivity contribution in [3.63, 3.8) is 0 Å². The van der Waals surface area contributed by atoms with Crippen LogP contribution in [0.15, 0.2) is 29.3 Å². The van der Waals surface area contributed by atoms with Crippen molar-refractivity contribution in [3.8, 4) is 0 Å². The predicted molar refractivity (Wildman–Crippen MR) is 71.7 cm³/mol. The van der Waals surface area contributed by atoms with Crippen LogP contribution in [-0.2, 0) is 6.54 Å². The quantitative estimate of drug-likeness (QED) is 0.849. The van der Waals surface area contributed by atoms with E-state index in [4.69, 9.17) is 4.42 Å². The van der Waals surface area contributed by atoms with Crippen LogP contribution in [0.25, 0.3) is 0 Å². The number of nitrogens with zero attached hydrogens (tertiary/aromatic N) is 2. The minimum atomic E-state index is 0.348. The topological polar surface area (TPSA) is 63.0 Å². The normalized spacial score (nSPS) is 10.7. The molecule has 2 aromatic rings. The minimum Gasteiger partial charge on any atom is -0.472 e. The van der Waals surface area contributed by atoms with Gasteiger partial charge in [0.2, 0.25) is 0 Å². The zero-order valence-electron chi connectivity index (χ0n) is 10.9. The maximum absolute atomic E-state index is 5.04. The van der Waals surface area contributed by atoms with Crippen molar-refractivity contribution < 1.29 is 4.42 Å². The van der Waals surface area contributed by atoms with E-state index >= 15 is 0 Å². The molecule has 0 aliphatic carbocycles. The van der Waals surface area contributed by atoms with Crippen molar-refractivity contribution in [2.45, 2.75) is 26.3 Å². The molecule has 0 aliphatic rings. The first kappa shape index (κ1) is 12.4. The molecular formula is C13H18N4O. The molecule has 0 spiro atoms. The van der Waals surface area contributed by atoms with Gasteiger partial charge in [-0.1, -0.05) is 13.8 Å². The average molecular weight is 246 g/mol. The zero-order chi connectivity index (χ0) is 13.0. The fourth-order valence-corrected chi connectivity index (χ4v) is 1.86. The fraction of sp³-hybridized carbons (Fsp3) is 0.385. The SMILES string of the molecule is CNc1ncnc(NCc2ccoc2)c1C(C)C. The number of hydrogen-bond donors (Lipinski definition) is 2. The summed E-state index contributed by atoms with van der Waals surface area (Å²) < 4.78 is 5.04. The molecule has 2 aromatic heterocycles. The highest BCUT2D eigenvalue weighted by atomic mass is 16.3. The summed E-state index contributed by atoms with van der Waals surface area (Å²) in [6.45, 7) is 4.95. The second kappa shape index (κ2) is 5.53. The lowest BCUT2D eigenvalue weighted by Crippen LogP contribution is -2.09. The fourth-order valence-electron chi connectivity index (χ4n) is 1.86. The van der Waals surface area contributed by atoms with Gasteiger partial charge in [-0.2, -0.15) is 0 Å². The van der Waals surface area contributed by atoms with Gasteiger partial charge < -0.3 is 15.1 Å². The van der Waals surface area contributed by atoms with Crippen molar-refractivity contribution >= 4 is 11.6 Å². The molecular weight excluding hydrogens is 228 g/mol. The summed E-state index contributed by atoms with van der Waals surface area (Å²) in [4.78, 5) is 8.56. The Bertz CT molecular complexity index is 494. The lowest BCUT2D eigenvalue weighted by atomic mass is 10.0. The molecule has 5 nitrogen and oxygen atoms in total. The molecule has 0 bridgehead atoms. The molecule has 0 atom stereocenters. The van der Waals surface area contributed by atoms with E-state index in [1.165, 1.54) is 0 Å². The first-order chi connectivity index (χ1) is 8.72. The number of hydrogen-bond acceptors (Lipinski definition) is 5. The third kappa shape index (κ3) is 2.61. The van der Waals surface area contributed by atoms with E-state index in [0.29, 0.717) is 12.5 Å². The Labute approximate surface area is 107 Å². The third-order valence-electron chi connectivity index (χ3n) is 2.74. The Morgan fingerprint density at radius 1 is 1.28 bits per heavy atom. The van der Waals surface area contributed by atoms with Gasteiger partial charge in [0.1, 0.15) is 18.0 Å². The molecule has 0 fully saturated rings. The van der Waals surface area contributed by atoms with Crippen molar-refractivity contribution in [2.75, 3.05) is 17.7 Å². The molecule has 0 amide bonds. The molecule has 0 radical (unpaired) electrons. The van der Waals surface area contributed by atoms with Crippen LogP contribution in [0.2, 0.25) is 0 Å². The van der Waals surface area contributed by atoms with Crippen LogP contribution in [0, 0.1) is 0 Å². The third-order valence-corrected chi connectivity index (χ3v) is 2.74. The number of furan rings is 1. The largest absolute Gasteiger partial charge is 0.472 e. The number of aromatic nitrogens is 2. The molecule has 2 heterocycles. The van der Waals surface area contributed by atoms with E-state index in [2.05, 4.69) is 34.4 Å². The van der Waals surface area contributed by atoms with E-state index in [0.717, 1.165) is 22.8 Å². The Morgan fingerprint density at radius 3 is 2.67 bits per heavy atom. The van der Waals surface area contributed by atoms with Gasteiger partial charge in [0.25, 0.3) is 0 Å². The second-order valence-corrected chi connectivity index (χ2v) is 4.37. The Kier molecular flexibility index (Phi) is 3.82. The molecule has 0 aromatic carbocycles. The van der Waals surface area contributed by atoms with Crippen LogP contribution in [0.5, 0.6) is 0 Å². The van der Waals surface area contributed by atoms with E-state index < -0.39 is 0 Å². The highest BCUT2D eigenvalue weighted by Crippen LogP contribution is 2.28. The molecule has 2 rings (SSSR count). The molecule has 96 valence electrons. The molecule has 18 heavy (non-hydrogen) atoms. The van der Waals surface area contributed by atoms with Crippen LogP contribution in [0.4, 0.5) is 11.6 Å². The lowest BCUT2D eigenvalue weighted by Gasteiger charge is -2.16. The first-order valence-electron chi connectivity index (χ1n) is 6.00. The number of anilines is 2. The van der Waals surface area contributed by atoms with Gasteiger partial charge >= 0.3 is 0 Å². The van der Waals surface area contributed by atoms with Gasteiger partial charge in [-0.15, -0.1) is 0 Å². The molecule has 0 aliphatic heterocycles. The van der Waals surface area contributed by atoms with Crippen molar-refractivity contribution in [1.82, 2.24) is 9.97 Å². The molecule has 5 heteroatoms. The summed E-state index contributed by atoms with van der Waals surface area (Å²) in [7, 11) is 1.87. The van der Waals surface area contributed by atoms with Crippen LogP contribution in [0.3, 0.4) is 0 Å². The van der Waals surface area contributed by atoms with Crippen LogP contribution in [-0.4, -0.2) is 17.0 Å². The Hall–Kier alpha value is -2.04. The highest BCUT2D eigenvalue weighted by molar-refractivity contribution is 5.58. The summed E-state index contributed by atoms with van der Waals surface area (Å²) in [6.07, 6.45) is 4.96. The van der Waals surface area contributed by atoms with E-state index in [1.54, 1.807) is 18.9 Å². The molecule has 0 unspecified atom stereocenters. The standard InChI is InChI=1S/C13H18N4O/c1-9(2)11-12(14-3)16-8-17-13(11)15-6-10-4-5-18-7-10/h4-5,7-9H,6H2,1-3H3,(H2,14,15,16,17). The van der Waals surface area contributed by atoms with Gasteiger partial charge in [0.15, 0.2) is 0 Å². The smallest absolute Gasteiger partial charge is 0.135 e. The predicted octanol–water partition coefficient (Wildman–Crippen LogP) is 2.85. The lowest BCUT2D eigenvalue weighted by molar-refractivity contribution is 0.564. The first-order valence-corrected chi connectivity index (χ1v) is 6.00. The van der Waals surface area contributed by atoms with Crippen LogP contribution in [0.1, 0.15) is 30.9 Å². The Morgan fingerprint density at radius 2 is 2.06 bits per heavy atom. The van der Waals surface area contributed by atoms with E-state index in [1.807, 2.05) is 13.1 Å². The maximum atomic E-state index is 5.04. The van der Waals surface area contributed by atoms with Gasteiger partial charge in [-0.25, -0.2) is 9.97 Å². The minimum absolute atomic E-state index is 0.348. The summed E-state index contributed by atoms with van der Waals surface area (Å²) in [5, 5.41) is 6.42. The molecule has 0 saturated heterocycles. The van der Waals surface area contributed by atoms with Gasteiger partial charge in [0.05, 0.1) is 12.5 Å². The van der Waals surface area contributed by atoms with Crippen LogP contribution < -0.4 is 10.6 Å². The van der Waals surface area contributed by atoms with Crippen molar-refractivity contribution in [2.24, 2.45) is 0 Å². The molecule has 0 saturated carbocycles. The van der Waals surface area contributed by atoms with Gasteiger partial charge in [-0.3, -0.25) is 0 Å². The summed E-state index contributed by atoms with van der Waals surface area (Å²) in [6, 6.07) is 1.93.